The fraction of sp³-hybridized carbons (Fsp3) is 0.333. The van der Waals surface area contributed by atoms with Crippen LogP contribution in [0, 0.1) is 6.92 Å². The molecule has 0 aliphatic carbocycles. The van der Waals surface area contributed by atoms with Crippen LogP contribution in [0.1, 0.15) is 31.3 Å². The summed E-state index contributed by atoms with van der Waals surface area (Å²) in [6.07, 6.45) is 3.43. The van der Waals surface area contributed by atoms with E-state index in [1.165, 1.54) is 0 Å². The number of nitrogens with zero attached hydrogens (tertiary/aromatic N) is 2. The maximum atomic E-state index is 5.61. The van der Waals surface area contributed by atoms with Crippen LogP contribution >= 0.6 is 0 Å². The molecule has 1 atom stereocenters. The largest absolute Gasteiger partial charge is 0.492 e. The van der Waals surface area contributed by atoms with Crippen LogP contribution in [0.5, 0.6) is 5.75 Å². The van der Waals surface area contributed by atoms with Crippen molar-refractivity contribution in [1.29, 1.82) is 0 Å². The van der Waals surface area contributed by atoms with Crippen molar-refractivity contribution in [2.24, 2.45) is 0 Å². The summed E-state index contributed by atoms with van der Waals surface area (Å²) in [7, 11) is 0. The van der Waals surface area contributed by atoms with E-state index in [1.807, 2.05) is 38.1 Å². The van der Waals surface area contributed by atoms with E-state index in [1.54, 1.807) is 12.4 Å². The second-order valence-corrected chi connectivity index (χ2v) is 4.32. The topological polar surface area (TPSA) is 47.0 Å². The molecular weight excluding hydrogens is 238 g/mol. The number of aryl methyl sites for hydroxylation is 1. The fourth-order valence-electron chi connectivity index (χ4n) is 2.01. The van der Waals surface area contributed by atoms with E-state index in [2.05, 4.69) is 22.2 Å². The Morgan fingerprint density at radius 3 is 2.68 bits per heavy atom. The number of aromatic nitrogens is 2. The van der Waals surface area contributed by atoms with Gasteiger partial charge in [-0.25, -0.2) is 0 Å². The summed E-state index contributed by atoms with van der Waals surface area (Å²) in [6, 6.07) is 8.00. The fourth-order valence-corrected chi connectivity index (χ4v) is 2.01. The molecule has 0 bridgehead atoms. The summed E-state index contributed by atoms with van der Waals surface area (Å²) in [6.45, 7) is 6.67. The van der Waals surface area contributed by atoms with Crippen molar-refractivity contribution in [2.45, 2.75) is 26.8 Å². The molecule has 2 rings (SSSR count). The lowest BCUT2D eigenvalue weighted by Crippen LogP contribution is -2.11. The van der Waals surface area contributed by atoms with Gasteiger partial charge in [0, 0.05) is 12.4 Å². The molecule has 4 heteroatoms. The average Bonchev–Trinajstić information content (AvgIpc) is 2.41. The van der Waals surface area contributed by atoms with Gasteiger partial charge in [-0.15, -0.1) is 0 Å². The zero-order chi connectivity index (χ0) is 13.7. The van der Waals surface area contributed by atoms with Crippen LogP contribution in [0.3, 0.4) is 0 Å². The van der Waals surface area contributed by atoms with Crippen molar-refractivity contribution in [2.75, 3.05) is 11.9 Å². The van der Waals surface area contributed by atoms with Gasteiger partial charge in [-0.1, -0.05) is 12.1 Å². The lowest BCUT2D eigenvalue weighted by molar-refractivity contribution is 0.341. The van der Waals surface area contributed by atoms with Gasteiger partial charge in [0.1, 0.15) is 5.75 Å². The monoisotopic (exact) mass is 257 g/mol. The first-order valence-electron chi connectivity index (χ1n) is 6.48. The van der Waals surface area contributed by atoms with E-state index < -0.39 is 0 Å². The van der Waals surface area contributed by atoms with E-state index in [0.29, 0.717) is 6.61 Å². The third-order valence-electron chi connectivity index (χ3n) is 2.89. The molecule has 0 saturated carbocycles. The van der Waals surface area contributed by atoms with Gasteiger partial charge in [-0.2, -0.15) is 0 Å². The van der Waals surface area contributed by atoms with Crippen molar-refractivity contribution in [3.63, 3.8) is 0 Å². The zero-order valence-corrected chi connectivity index (χ0v) is 11.6. The minimum Gasteiger partial charge on any atom is -0.492 e. The van der Waals surface area contributed by atoms with Gasteiger partial charge in [-0.05, 0) is 32.9 Å². The van der Waals surface area contributed by atoms with E-state index >= 15 is 0 Å². The lowest BCUT2D eigenvalue weighted by Gasteiger charge is -2.18. The highest BCUT2D eigenvalue weighted by molar-refractivity contribution is 5.57. The maximum Gasteiger partial charge on any atom is 0.142 e. The Morgan fingerprint density at radius 1 is 1.21 bits per heavy atom. The van der Waals surface area contributed by atoms with Crippen LogP contribution in [-0.2, 0) is 0 Å². The molecule has 0 spiro atoms. The number of hydrogen-bond donors (Lipinski definition) is 1. The Hall–Kier alpha value is -2.10. The molecule has 2 aromatic rings. The van der Waals surface area contributed by atoms with Crippen molar-refractivity contribution in [3.05, 3.63) is 48.0 Å². The summed E-state index contributed by atoms with van der Waals surface area (Å²) in [5.41, 5.74) is 2.87. The zero-order valence-electron chi connectivity index (χ0n) is 11.6. The predicted molar refractivity (Wildman–Crippen MR) is 76.4 cm³/mol. The molecule has 0 radical (unpaired) electrons. The standard InChI is InChI=1S/C15H19N3O/c1-4-19-14-8-6-5-7-13(14)18-12(3)15-11(2)16-9-10-17-15/h5-10,12,18H,4H2,1-3H3. The number of anilines is 1. The van der Waals surface area contributed by atoms with Gasteiger partial charge in [0.2, 0.25) is 0 Å². The van der Waals surface area contributed by atoms with Gasteiger partial charge >= 0.3 is 0 Å². The Labute approximate surface area is 113 Å². The van der Waals surface area contributed by atoms with Crippen LogP contribution in [0.15, 0.2) is 36.7 Å². The Bertz CT molecular complexity index is 542. The highest BCUT2D eigenvalue weighted by Crippen LogP contribution is 2.27. The number of ether oxygens (including phenoxy) is 1. The number of para-hydroxylation sites is 2. The molecule has 0 saturated heterocycles. The predicted octanol–water partition coefficient (Wildman–Crippen LogP) is 3.36. The molecule has 0 aliphatic heterocycles. The first kappa shape index (κ1) is 13.3. The Morgan fingerprint density at radius 2 is 1.95 bits per heavy atom. The van der Waals surface area contributed by atoms with E-state index in [9.17, 15) is 0 Å². The molecule has 1 aromatic heterocycles. The normalized spacial score (nSPS) is 11.9. The number of benzene rings is 1. The van der Waals surface area contributed by atoms with Crippen LogP contribution in [0.25, 0.3) is 0 Å². The summed E-state index contributed by atoms with van der Waals surface area (Å²) >= 11 is 0. The smallest absolute Gasteiger partial charge is 0.142 e. The van der Waals surface area contributed by atoms with E-state index in [4.69, 9.17) is 4.74 Å². The molecular formula is C15H19N3O. The summed E-state index contributed by atoms with van der Waals surface area (Å²) in [5.74, 6) is 0.860. The maximum absolute atomic E-state index is 5.61. The van der Waals surface area contributed by atoms with Gasteiger partial charge in [0.15, 0.2) is 0 Å². The number of rotatable bonds is 5. The molecule has 19 heavy (non-hydrogen) atoms. The highest BCUT2D eigenvalue weighted by Gasteiger charge is 2.12. The summed E-state index contributed by atoms with van der Waals surface area (Å²) < 4.78 is 5.61. The van der Waals surface area contributed by atoms with Crippen molar-refractivity contribution in [3.8, 4) is 5.75 Å². The Balaban J connectivity index is 2.19. The molecule has 1 unspecified atom stereocenters. The second-order valence-electron chi connectivity index (χ2n) is 4.32. The van der Waals surface area contributed by atoms with Crippen LogP contribution in [0.4, 0.5) is 5.69 Å². The van der Waals surface area contributed by atoms with Gasteiger partial charge in [0.05, 0.1) is 29.7 Å². The molecule has 4 nitrogen and oxygen atoms in total. The van der Waals surface area contributed by atoms with Crippen molar-refractivity contribution >= 4 is 5.69 Å². The minimum absolute atomic E-state index is 0.0790. The van der Waals surface area contributed by atoms with Crippen LogP contribution in [0.2, 0.25) is 0 Å². The third kappa shape index (κ3) is 3.22. The van der Waals surface area contributed by atoms with E-state index in [0.717, 1.165) is 22.8 Å². The summed E-state index contributed by atoms with van der Waals surface area (Å²) in [5, 5.41) is 3.42. The highest BCUT2D eigenvalue weighted by atomic mass is 16.5. The number of hydrogen-bond acceptors (Lipinski definition) is 4. The quantitative estimate of drug-likeness (QED) is 0.892. The third-order valence-corrected chi connectivity index (χ3v) is 2.89. The minimum atomic E-state index is 0.0790. The van der Waals surface area contributed by atoms with Gasteiger partial charge in [-0.3, -0.25) is 9.97 Å². The molecule has 1 aromatic carbocycles. The molecule has 0 aliphatic rings. The summed E-state index contributed by atoms with van der Waals surface area (Å²) in [4.78, 5) is 8.65. The Kier molecular flexibility index (Phi) is 4.34. The average molecular weight is 257 g/mol. The van der Waals surface area contributed by atoms with Gasteiger partial charge in [0.25, 0.3) is 0 Å². The van der Waals surface area contributed by atoms with Gasteiger partial charge < -0.3 is 10.1 Å². The van der Waals surface area contributed by atoms with Crippen molar-refractivity contribution in [1.82, 2.24) is 9.97 Å². The van der Waals surface area contributed by atoms with Crippen molar-refractivity contribution < 1.29 is 4.74 Å². The number of nitrogens with one attached hydrogen (secondary N) is 1. The van der Waals surface area contributed by atoms with E-state index in [-0.39, 0.29) is 6.04 Å². The first-order valence-corrected chi connectivity index (χ1v) is 6.48. The van der Waals surface area contributed by atoms with Crippen LogP contribution < -0.4 is 10.1 Å². The van der Waals surface area contributed by atoms with Crippen LogP contribution in [-0.4, -0.2) is 16.6 Å². The molecule has 1 heterocycles. The first-order chi connectivity index (χ1) is 9.22. The lowest BCUT2D eigenvalue weighted by atomic mass is 10.1. The molecule has 0 fully saturated rings. The molecule has 1 N–H and O–H groups in total. The molecule has 0 amide bonds. The SMILES string of the molecule is CCOc1ccccc1NC(C)c1nccnc1C. The molecule has 100 valence electrons. The second kappa shape index (κ2) is 6.18.